The second-order valence-corrected chi connectivity index (χ2v) is 5.63. The molecule has 0 saturated heterocycles. The molecule has 0 atom stereocenters. The molecule has 3 aromatic rings. The summed E-state index contributed by atoms with van der Waals surface area (Å²) in [4.78, 5) is 27.0. The standard InChI is InChI=1S/C19H19N5O/c1-14-12-17(18(25)24(2)16-6-4-3-5-7-16)23-19(22-14)21-13-15-8-10-20-11-9-15/h3-12H,13H2,1-2H3,(H,21,22,23). The Kier molecular flexibility index (Phi) is 4.99. The molecule has 0 spiro atoms. The Hall–Kier alpha value is -3.28. The molecule has 25 heavy (non-hydrogen) atoms. The first kappa shape index (κ1) is 16.6. The first-order valence-electron chi connectivity index (χ1n) is 7.95. The van der Waals surface area contributed by atoms with E-state index in [0.29, 0.717) is 18.2 Å². The highest BCUT2D eigenvalue weighted by Gasteiger charge is 2.16. The van der Waals surface area contributed by atoms with Gasteiger partial charge in [-0.2, -0.15) is 0 Å². The van der Waals surface area contributed by atoms with E-state index in [0.717, 1.165) is 16.9 Å². The summed E-state index contributed by atoms with van der Waals surface area (Å²) in [7, 11) is 1.74. The van der Waals surface area contributed by atoms with Crippen LogP contribution in [0.4, 0.5) is 11.6 Å². The SMILES string of the molecule is Cc1cc(C(=O)N(C)c2ccccc2)nc(NCc2ccncc2)n1. The fraction of sp³-hybridized carbons (Fsp3) is 0.158. The van der Waals surface area contributed by atoms with Crippen LogP contribution in [0.15, 0.2) is 60.9 Å². The zero-order valence-electron chi connectivity index (χ0n) is 14.2. The Morgan fingerprint density at radius 2 is 1.80 bits per heavy atom. The van der Waals surface area contributed by atoms with Gasteiger partial charge in [0.2, 0.25) is 5.95 Å². The number of carbonyl (C=O) groups is 1. The number of rotatable bonds is 5. The van der Waals surface area contributed by atoms with E-state index in [2.05, 4.69) is 20.3 Å². The van der Waals surface area contributed by atoms with Crippen molar-refractivity contribution in [2.24, 2.45) is 0 Å². The largest absolute Gasteiger partial charge is 0.350 e. The van der Waals surface area contributed by atoms with Crippen molar-refractivity contribution < 1.29 is 4.79 Å². The minimum absolute atomic E-state index is 0.177. The molecule has 2 heterocycles. The lowest BCUT2D eigenvalue weighted by atomic mass is 10.2. The van der Waals surface area contributed by atoms with Gasteiger partial charge in [0.1, 0.15) is 5.69 Å². The number of aromatic nitrogens is 3. The Bertz CT molecular complexity index is 852. The lowest BCUT2D eigenvalue weighted by molar-refractivity contribution is 0.0988. The molecule has 6 heteroatoms. The summed E-state index contributed by atoms with van der Waals surface area (Å²) < 4.78 is 0. The average Bonchev–Trinajstić information content (AvgIpc) is 2.66. The number of amides is 1. The van der Waals surface area contributed by atoms with Crippen LogP contribution in [0.3, 0.4) is 0 Å². The molecule has 0 unspecified atom stereocenters. The molecule has 126 valence electrons. The number of para-hydroxylation sites is 1. The number of hydrogen-bond acceptors (Lipinski definition) is 5. The molecular weight excluding hydrogens is 314 g/mol. The molecule has 1 N–H and O–H groups in total. The predicted octanol–water partition coefficient (Wildman–Crippen LogP) is 3.07. The first-order valence-corrected chi connectivity index (χ1v) is 7.95. The molecule has 1 amide bonds. The van der Waals surface area contributed by atoms with Crippen molar-refractivity contribution in [2.75, 3.05) is 17.3 Å². The van der Waals surface area contributed by atoms with Gasteiger partial charge in [0.15, 0.2) is 0 Å². The van der Waals surface area contributed by atoms with Gasteiger partial charge in [-0.05, 0) is 42.8 Å². The lowest BCUT2D eigenvalue weighted by Gasteiger charge is -2.17. The summed E-state index contributed by atoms with van der Waals surface area (Å²) in [6, 6.07) is 15.0. The maximum absolute atomic E-state index is 12.7. The second kappa shape index (κ2) is 7.53. The quantitative estimate of drug-likeness (QED) is 0.777. The first-order chi connectivity index (χ1) is 12.1. The number of nitrogens with zero attached hydrogens (tertiary/aromatic N) is 4. The molecule has 6 nitrogen and oxygen atoms in total. The highest BCUT2D eigenvalue weighted by Crippen LogP contribution is 2.15. The van der Waals surface area contributed by atoms with Gasteiger partial charge in [0, 0.05) is 37.4 Å². The maximum atomic E-state index is 12.7. The number of hydrogen-bond donors (Lipinski definition) is 1. The molecule has 0 aliphatic rings. The fourth-order valence-electron chi connectivity index (χ4n) is 2.38. The summed E-state index contributed by atoms with van der Waals surface area (Å²) in [6.45, 7) is 2.41. The van der Waals surface area contributed by atoms with Crippen LogP contribution in [-0.4, -0.2) is 27.9 Å². The number of nitrogens with one attached hydrogen (secondary N) is 1. The number of carbonyl (C=O) groups excluding carboxylic acids is 1. The Morgan fingerprint density at radius 1 is 1.08 bits per heavy atom. The van der Waals surface area contributed by atoms with Gasteiger partial charge in [0.25, 0.3) is 5.91 Å². The van der Waals surface area contributed by atoms with Crippen LogP contribution < -0.4 is 10.2 Å². The Morgan fingerprint density at radius 3 is 2.52 bits per heavy atom. The van der Waals surface area contributed by atoms with Crippen molar-refractivity contribution in [1.82, 2.24) is 15.0 Å². The van der Waals surface area contributed by atoms with Crippen molar-refractivity contribution in [2.45, 2.75) is 13.5 Å². The van der Waals surface area contributed by atoms with Gasteiger partial charge in [-0.1, -0.05) is 18.2 Å². The molecule has 0 bridgehead atoms. The summed E-state index contributed by atoms with van der Waals surface area (Å²) in [6.07, 6.45) is 3.47. The average molecular weight is 333 g/mol. The number of pyridine rings is 1. The Labute approximate surface area is 146 Å². The zero-order valence-corrected chi connectivity index (χ0v) is 14.2. The van der Waals surface area contributed by atoms with Crippen LogP contribution in [0.5, 0.6) is 0 Å². The van der Waals surface area contributed by atoms with Gasteiger partial charge in [-0.3, -0.25) is 9.78 Å². The van der Waals surface area contributed by atoms with Crippen LogP contribution >= 0.6 is 0 Å². The number of anilines is 2. The van der Waals surface area contributed by atoms with E-state index in [1.165, 1.54) is 0 Å². The van der Waals surface area contributed by atoms with Crippen molar-refractivity contribution in [3.05, 3.63) is 77.9 Å². The molecule has 0 saturated carbocycles. The molecular formula is C19H19N5O. The third kappa shape index (κ3) is 4.17. The maximum Gasteiger partial charge on any atom is 0.276 e. The van der Waals surface area contributed by atoms with E-state index in [4.69, 9.17) is 0 Å². The van der Waals surface area contributed by atoms with Crippen molar-refractivity contribution >= 4 is 17.5 Å². The highest BCUT2D eigenvalue weighted by molar-refractivity contribution is 6.04. The molecule has 1 aromatic carbocycles. The summed E-state index contributed by atoms with van der Waals surface area (Å²) in [5.41, 5.74) is 2.97. The molecule has 0 aliphatic heterocycles. The molecule has 0 radical (unpaired) electrons. The van der Waals surface area contributed by atoms with Crippen LogP contribution in [0.25, 0.3) is 0 Å². The monoisotopic (exact) mass is 333 g/mol. The van der Waals surface area contributed by atoms with E-state index >= 15 is 0 Å². The van der Waals surface area contributed by atoms with E-state index in [1.807, 2.05) is 49.4 Å². The van der Waals surface area contributed by atoms with Crippen molar-refractivity contribution in [3.63, 3.8) is 0 Å². The van der Waals surface area contributed by atoms with Crippen LogP contribution in [0.2, 0.25) is 0 Å². The molecule has 3 rings (SSSR count). The third-order valence-corrected chi connectivity index (χ3v) is 3.72. The summed E-state index contributed by atoms with van der Waals surface area (Å²) in [5.74, 6) is 0.255. The Balaban J connectivity index is 1.78. The van der Waals surface area contributed by atoms with Gasteiger partial charge < -0.3 is 10.2 Å². The van der Waals surface area contributed by atoms with E-state index in [-0.39, 0.29) is 5.91 Å². The summed E-state index contributed by atoms with van der Waals surface area (Å²) in [5, 5.41) is 3.15. The predicted molar refractivity (Wildman–Crippen MR) is 97.5 cm³/mol. The molecule has 2 aromatic heterocycles. The van der Waals surface area contributed by atoms with E-state index < -0.39 is 0 Å². The normalized spacial score (nSPS) is 10.3. The van der Waals surface area contributed by atoms with Gasteiger partial charge in [-0.15, -0.1) is 0 Å². The van der Waals surface area contributed by atoms with Crippen molar-refractivity contribution in [3.8, 4) is 0 Å². The number of benzene rings is 1. The summed E-state index contributed by atoms with van der Waals surface area (Å²) >= 11 is 0. The smallest absolute Gasteiger partial charge is 0.276 e. The third-order valence-electron chi connectivity index (χ3n) is 3.72. The van der Waals surface area contributed by atoms with Crippen LogP contribution in [-0.2, 0) is 6.54 Å². The second-order valence-electron chi connectivity index (χ2n) is 5.63. The van der Waals surface area contributed by atoms with Gasteiger partial charge >= 0.3 is 0 Å². The van der Waals surface area contributed by atoms with Crippen LogP contribution in [0.1, 0.15) is 21.7 Å². The molecule has 0 fully saturated rings. The zero-order chi connectivity index (χ0) is 17.6. The van der Waals surface area contributed by atoms with Crippen LogP contribution in [0, 0.1) is 6.92 Å². The van der Waals surface area contributed by atoms with Crippen molar-refractivity contribution in [1.29, 1.82) is 0 Å². The van der Waals surface area contributed by atoms with Gasteiger partial charge in [-0.25, -0.2) is 9.97 Å². The molecule has 0 aliphatic carbocycles. The van der Waals surface area contributed by atoms with Gasteiger partial charge in [0.05, 0.1) is 0 Å². The highest BCUT2D eigenvalue weighted by atomic mass is 16.2. The van der Waals surface area contributed by atoms with E-state index in [1.54, 1.807) is 30.4 Å². The minimum Gasteiger partial charge on any atom is -0.350 e. The minimum atomic E-state index is -0.177. The number of aryl methyl sites for hydroxylation is 1. The lowest BCUT2D eigenvalue weighted by Crippen LogP contribution is -2.27. The fourth-order valence-corrected chi connectivity index (χ4v) is 2.38. The van der Waals surface area contributed by atoms with E-state index in [9.17, 15) is 4.79 Å². The topological polar surface area (TPSA) is 71.0 Å².